The number of carbonyl (C=O) groups is 2. The first-order chi connectivity index (χ1) is 13.5. The third kappa shape index (κ3) is 4.68. The summed E-state index contributed by atoms with van der Waals surface area (Å²) < 4.78 is 0. The third-order valence-electron chi connectivity index (χ3n) is 4.85. The van der Waals surface area contributed by atoms with Crippen molar-refractivity contribution in [3.05, 3.63) is 53.2 Å². The summed E-state index contributed by atoms with van der Waals surface area (Å²) in [4.78, 5) is 32.0. The van der Waals surface area contributed by atoms with Gasteiger partial charge in [-0.15, -0.1) is 0 Å². The van der Waals surface area contributed by atoms with E-state index in [1.165, 1.54) is 6.42 Å². The van der Waals surface area contributed by atoms with E-state index in [4.69, 9.17) is 0 Å². The average molecular weight is 380 g/mol. The lowest BCUT2D eigenvalue weighted by Gasteiger charge is -2.29. The third-order valence-corrected chi connectivity index (χ3v) is 4.85. The van der Waals surface area contributed by atoms with Crippen LogP contribution in [0.4, 0.5) is 11.5 Å². The predicted octanol–water partition coefficient (Wildman–Crippen LogP) is 3.77. The van der Waals surface area contributed by atoms with Gasteiger partial charge in [0.05, 0.1) is 5.56 Å². The second-order valence-electron chi connectivity index (χ2n) is 7.53. The van der Waals surface area contributed by atoms with Gasteiger partial charge in [-0.2, -0.15) is 0 Å². The number of carbonyl (C=O) groups excluding carboxylic acids is 2. The molecule has 3 rings (SSSR count). The molecule has 0 spiro atoms. The summed E-state index contributed by atoms with van der Waals surface area (Å²) in [7, 11) is 0. The number of rotatable bonds is 5. The fourth-order valence-corrected chi connectivity index (χ4v) is 3.41. The zero-order valence-electron chi connectivity index (χ0n) is 16.8. The predicted molar refractivity (Wildman–Crippen MR) is 112 cm³/mol. The fourth-order valence-electron chi connectivity index (χ4n) is 3.41. The lowest BCUT2D eigenvalue weighted by molar-refractivity contribution is 0.0941. The van der Waals surface area contributed by atoms with Gasteiger partial charge in [-0.25, -0.2) is 4.98 Å². The van der Waals surface area contributed by atoms with Crippen molar-refractivity contribution in [2.45, 2.75) is 46.1 Å². The van der Waals surface area contributed by atoms with E-state index in [9.17, 15) is 9.59 Å². The Morgan fingerprint density at radius 2 is 1.79 bits per heavy atom. The lowest BCUT2D eigenvalue weighted by Crippen LogP contribution is -2.32. The van der Waals surface area contributed by atoms with Crippen LogP contribution in [0.15, 0.2) is 36.5 Å². The van der Waals surface area contributed by atoms with Gasteiger partial charge in [0, 0.05) is 36.6 Å². The normalized spacial score (nSPS) is 14.1. The van der Waals surface area contributed by atoms with Gasteiger partial charge in [0.2, 0.25) is 0 Å². The van der Waals surface area contributed by atoms with Gasteiger partial charge >= 0.3 is 0 Å². The summed E-state index contributed by atoms with van der Waals surface area (Å²) in [5, 5.41) is 5.82. The summed E-state index contributed by atoms with van der Waals surface area (Å²) in [6.07, 6.45) is 5.17. The van der Waals surface area contributed by atoms with Crippen molar-refractivity contribution in [3.63, 3.8) is 0 Å². The number of amides is 2. The molecule has 2 amide bonds. The fraction of sp³-hybridized carbons (Fsp3) is 0.409. The van der Waals surface area contributed by atoms with E-state index in [2.05, 4.69) is 20.5 Å². The first kappa shape index (κ1) is 19.9. The Hall–Kier alpha value is -2.89. The van der Waals surface area contributed by atoms with Crippen LogP contribution in [-0.2, 0) is 0 Å². The molecule has 1 aliphatic rings. The number of piperidine rings is 1. The summed E-state index contributed by atoms with van der Waals surface area (Å²) >= 11 is 0. The van der Waals surface area contributed by atoms with Gasteiger partial charge in [-0.3, -0.25) is 9.59 Å². The number of pyridine rings is 1. The molecule has 6 nitrogen and oxygen atoms in total. The molecule has 0 aliphatic carbocycles. The van der Waals surface area contributed by atoms with Crippen LogP contribution < -0.4 is 15.5 Å². The highest BCUT2D eigenvalue weighted by atomic mass is 16.2. The zero-order chi connectivity index (χ0) is 20.1. The van der Waals surface area contributed by atoms with E-state index >= 15 is 0 Å². The standard InChI is InChI=1S/C22H28N4O2/c1-15(2)24-22(28)19-14-17(10-9-16(19)3)25-21(27)18-8-7-11-23-20(18)26-12-5-4-6-13-26/h7-11,14-15H,4-6,12-13H2,1-3H3,(H,24,28)(H,25,27). The largest absolute Gasteiger partial charge is 0.356 e. The summed E-state index contributed by atoms with van der Waals surface area (Å²) in [5.74, 6) is 0.372. The minimum absolute atomic E-state index is 0.0487. The molecule has 1 aromatic heterocycles. The molecule has 1 aliphatic heterocycles. The number of hydrogen-bond donors (Lipinski definition) is 2. The van der Waals surface area contributed by atoms with Crippen LogP contribution in [0.5, 0.6) is 0 Å². The van der Waals surface area contributed by atoms with Crippen LogP contribution in [0.25, 0.3) is 0 Å². The molecule has 2 N–H and O–H groups in total. The molecule has 0 atom stereocenters. The monoisotopic (exact) mass is 380 g/mol. The van der Waals surface area contributed by atoms with E-state index in [-0.39, 0.29) is 17.9 Å². The van der Waals surface area contributed by atoms with Crippen LogP contribution in [-0.4, -0.2) is 35.9 Å². The van der Waals surface area contributed by atoms with Crippen LogP contribution >= 0.6 is 0 Å². The van der Waals surface area contributed by atoms with Crippen LogP contribution in [0, 0.1) is 6.92 Å². The summed E-state index contributed by atoms with van der Waals surface area (Å²) in [6.45, 7) is 7.56. The Labute approximate surface area is 166 Å². The molecule has 28 heavy (non-hydrogen) atoms. The molecule has 0 unspecified atom stereocenters. The highest BCUT2D eigenvalue weighted by molar-refractivity contribution is 6.08. The second kappa shape index (κ2) is 8.87. The van der Waals surface area contributed by atoms with E-state index in [1.807, 2.05) is 32.9 Å². The van der Waals surface area contributed by atoms with Gasteiger partial charge in [0.25, 0.3) is 11.8 Å². The van der Waals surface area contributed by atoms with Gasteiger partial charge in [-0.05, 0) is 69.9 Å². The highest BCUT2D eigenvalue weighted by Gasteiger charge is 2.20. The molecule has 6 heteroatoms. The minimum Gasteiger partial charge on any atom is -0.356 e. The first-order valence-electron chi connectivity index (χ1n) is 9.88. The maximum absolute atomic E-state index is 12.9. The maximum Gasteiger partial charge on any atom is 0.259 e. The van der Waals surface area contributed by atoms with Crippen molar-refractivity contribution >= 4 is 23.3 Å². The molecule has 2 heterocycles. The molecular formula is C22H28N4O2. The van der Waals surface area contributed by atoms with Crippen molar-refractivity contribution in [1.29, 1.82) is 0 Å². The van der Waals surface area contributed by atoms with Crippen molar-refractivity contribution in [3.8, 4) is 0 Å². The molecule has 2 aromatic rings. The van der Waals surface area contributed by atoms with Crippen molar-refractivity contribution in [2.75, 3.05) is 23.3 Å². The molecule has 148 valence electrons. The smallest absolute Gasteiger partial charge is 0.259 e. The summed E-state index contributed by atoms with van der Waals surface area (Å²) in [5.41, 5.74) is 2.58. The average Bonchev–Trinajstić information content (AvgIpc) is 2.69. The number of hydrogen-bond acceptors (Lipinski definition) is 4. The maximum atomic E-state index is 12.9. The topological polar surface area (TPSA) is 74.3 Å². The SMILES string of the molecule is Cc1ccc(NC(=O)c2cccnc2N2CCCCC2)cc1C(=O)NC(C)C. The second-order valence-corrected chi connectivity index (χ2v) is 7.53. The van der Waals surface area contributed by atoms with E-state index < -0.39 is 0 Å². The molecule has 1 saturated heterocycles. The molecule has 0 saturated carbocycles. The Balaban J connectivity index is 1.81. The molecule has 1 aromatic carbocycles. The van der Waals surface area contributed by atoms with Gasteiger partial charge in [0.15, 0.2) is 0 Å². The van der Waals surface area contributed by atoms with Gasteiger partial charge < -0.3 is 15.5 Å². The van der Waals surface area contributed by atoms with Gasteiger partial charge in [0.1, 0.15) is 5.82 Å². The summed E-state index contributed by atoms with van der Waals surface area (Å²) in [6, 6.07) is 9.01. The number of aromatic nitrogens is 1. The molecular weight excluding hydrogens is 352 g/mol. The van der Waals surface area contributed by atoms with E-state index in [0.29, 0.717) is 16.8 Å². The Morgan fingerprint density at radius 3 is 2.50 bits per heavy atom. The lowest BCUT2D eigenvalue weighted by atomic mass is 10.1. The highest BCUT2D eigenvalue weighted by Crippen LogP contribution is 2.23. The first-order valence-corrected chi connectivity index (χ1v) is 9.88. The number of benzene rings is 1. The Bertz CT molecular complexity index is 857. The van der Waals surface area contributed by atoms with Crippen LogP contribution in [0.1, 0.15) is 59.4 Å². The number of aryl methyl sites for hydroxylation is 1. The van der Waals surface area contributed by atoms with Crippen LogP contribution in [0.2, 0.25) is 0 Å². The molecule has 0 bridgehead atoms. The number of anilines is 2. The minimum atomic E-state index is -0.215. The zero-order valence-corrected chi connectivity index (χ0v) is 16.8. The molecule has 0 radical (unpaired) electrons. The van der Waals surface area contributed by atoms with Gasteiger partial charge in [-0.1, -0.05) is 6.07 Å². The van der Waals surface area contributed by atoms with Crippen molar-refractivity contribution < 1.29 is 9.59 Å². The number of nitrogens with zero attached hydrogens (tertiary/aromatic N) is 2. The quantitative estimate of drug-likeness (QED) is 0.828. The van der Waals surface area contributed by atoms with Crippen molar-refractivity contribution in [1.82, 2.24) is 10.3 Å². The van der Waals surface area contributed by atoms with E-state index in [1.54, 1.807) is 24.4 Å². The van der Waals surface area contributed by atoms with Crippen molar-refractivity contribution in [2.24, 2.45) is 0 Å². The van der Waals surface area contributed by atoms with Crippen LogP contribution in [0.3, 0.4) is 0 Å². The number of nitrogens with one attached hydrogen (secondary N) is 2. The Morgan fingerprint density at radius 1 is 1.04 bits per heavy atom. The Kier molecular flexibility index (Phi) is 6.29. The van der Waals surface area contributed by atoms with E-state index in [0.717, 1.165) is 37.3 Å². The molecule has 1 fully saturated rings.